The number of aliphatic carboxylic acids is 1. The van der Waals surface area contributed by atoms with Crippen LogP contribution in [0.5, 0.6) is 0 Å². The van der Waals surface area contributed by atoms with Gasteiger partial charge in [-0.25, -0.2) is 0 Å². The highest BCUT2D eigenvalue weighted by molar-refractivity contribution is 5.66. The first-order valence-electron chi connectivity index (χ1n) is 10.8. The van der Waals surface area contributed by atoms with Gasteiger partial charge in [0.1, 0.15) is 0 Å². The zero-order valence-electron chi connectivity index (χ0n) is 17.1. The van der Waals surface area contributed by atoms with Gasteiger partial charge in [-0.1, -0.05) is 69.8 Å². The lowest BCUT2D eigenvalue weighted by Gasteiger charge is -2.57. The molecule has 0 spiro atoms. The second-order valence-corrected chi connectivity index (χ2v) is 8.73. The number of fused-ring (bicyclic) bond motifs is 1. The lowest BCUT2D eigenvalue weighted by atomic mass is 9.48. The van der Waals surface area contributed by atoms with Crippen LogP contribution in [0.1, 0.15) is 84.5 Å². The van der Waals surface area contributed by atoms with E-state index in [2.05, 4.69) is 26.0 Å². The number of hydrogen-bond acceptors (Lipinski definition) is 3. The third-order valence-corrected chi connectivity index (χ3v) is 6.77. The Bertz CT molecular complexity index is 538. The van der Waals surface area contributed by atoms with E-state index in [9.17, 15) is 15.0 Å². The van der Waals surface area contributed by atoms with E-state index in [4.69, 9.17) is 5.11 Å². The molecule has 4 heteroatoms. The number of hydrogen-bond donors (Lipinski definition) is 3. The van der Waals surface area contributed by atoms with Gasteiger partial charge in [0.15, 0.2) is 0 Å². The highest BCUT2D eigenvalue weighted by atomic mass is 16.4. The number of aliphatic hydroxyl groups is 2. The molecule has 0 saturated heterocycles. The van der Waals surface area contributed by atoms with Gasteiger partial charge < -0.3 is 15.3 Å². The number of aliphatic hydroxyl groups excluding tert-OH is 2. The number of carboxylic acid groups (broad SMARTS) is 1. The number of rotatable bonds is 11. The van der Waals surface area contributed by atoms with Crippen LogP contribution in [-0.4, -0.2) is 33.5 Å². The van der Waals surface area contributed by atoms with E-state index in [1.165, 1.54) is 31.3 Å². The van der Waals surface area contributed by atoms with Gasteiger partial charge in [-0.05, 0) is 43.4 Å². The largest absolute Gasteiger partial charge is 0.481 e. The minimum Gasteiger partial charge on any atom is -0.481 e. The molecule has 0 radical (unpaired) electrons. The average Bonchev–Trinajstić information content (AvgIpc) is 2.62. The van der Waals surface area contributed by atoms with Gasteiger partial charge in [-0.15, -0.1) is 0 Å². The Morgan fingerprint density at radius 2 is 2.04 bits per heavy atom. The Hall–Kier alpha value is -1.13. The molecule has 0 heterocycles. The Morgan fingerprint density at radius 1 is 1.30 bits per heavy atom. The van der Waals surface area contributed by atoms with E-state index in [0.717, 1.165) is 32.1 Å². The fourth-order valence-electron chi connectivity index (χ4n) is 4.88. The molecule has 154 valence electrons. The molecule has 2 saturated carbocycles. The molecule has 27 heavy (non-hydrogen) atoms. The molecule has 0 bridgehead atoms. The van der Waals surface area contributed by atoms with Crippen molar-refractivity contribution in [3.8, 4) is 0 Å². The van der Waals surface area contributed by atoms with E-state index in [1.807, 2.05) is 6.08 Å². The van der Waals surface area contributed by atoms with Crippen molar-refractivity contribution in [2.75, 3.05) is 0 Å². The molecular weight excluding hydrogens is 340 g/mol. The first-order valence-corrected chi connectivity index (χ1v) is 10.8. The monoisotopic (exact) mass is 378 g/mol. The summed E-state index contributed by atoms with van der Waals surface area (Å²) in [7, 11) is 0. The fraction of sp³-hybridized carbons (Fsp3) is 0.783. The SMILES string of the molecule is CCCCCCCC(O)C=C[C@@H]1[C@@H](O)CC[C@@]2(C)C(=CCCC(=O)O)C[C@@H]12. The number of unbranched alkanes of at least 4 members (excludes halogenated alkanes) is 4. The second-order valence-electron chi connectivity index (χ2n) is 8.73. The van der Waals surface area contributed by atoms with Crippen LogP contribution in [0.25, 0.3) is 0 Å². The van der Waals surface area contributed by atoms with E-state index in [1.54, 1.807) is 0 Å². The van der Waals surface area contributed by atoms with Crippen molar-refractivity contribution in [2.24, 2.45) is 17.3 Å². The lowest BCUT2D eigenvalue weighted by molar-refractivity contribution is -0.136. The second kappa shape index (κ2) is 10.4. The maximum absolute atomic E-state index is 10.7. The highest BCUT2D eigenvalue weighted by Crippen LogP contribution is 2.61. The van der Waals surface area contributed by atoms with Gasteiger partial charge in [-0.3, -0.25) is 4.79 Å². The van der Waals surface area contributed by atoms with Crippen LogP contribution in [-0.2, 0) is 4.79 Å². The third kappa shape index (κ3) is 5.92. The van der Waals surface area contributed by atoms with Gasteiger partial charge in [0, 0.05) is 12.3 Å². The molecule has 0 aromatic carbocycles. The zero-order valence-corrected chi connectivity index (χ0v) is 17.1. The summed E-state index contributed by atoms with van der Waals surface area (Å²) >= 11 is 0. The van der Waals surface area contributed by atoms with E-state index < -0.39 is 12.1 Å². The summed E-state index contributed by atoms with van der Waals surface area (Å²) in [6.07, 6.45) is 15.5. The van der Waals surface area contributed by atoms with Crippen molar-refractivity contribution in [1.82, 2.24) is 0 Å². The van der Waals surface area contributed by atoms with E-state index in [-0.39, 0.29) is 23.9 Å². The summed E-state index contributed by atoms with van der Waals surface area (Å²) in [5.41, 5.74) is 1.44. The van der Waals surface area contributed by atoms with Gasteiger partial charge in [0.25, 0.3) is 0 Å². The van der Waals surface area contributed by atoms with Crippen LogP contribution < -0.4 is 0 Å². The van der Waals surface area contributed by atoms with Gasteiger partial charge in [0.2, 0.25) is 0 Å². The Kier molecular flexibility index (Phi) is 8.56. The van der Waals surface area contributed by atoms with Crippen molar-refractivity contribution in [3.63, 3.8) is 0 Å². The van der Waals surface area contributed by atoms with Crippen molar-refractivity contribution in [3.05, 3.63) is 23.8 Å². The number of allylic oxidation sites excluding steroid dienone is 2. The third-order valence-electron chi connectivity index (χ3n) is 6.77. The summed E-state index contributed by atoms with van der Waals surface area (Å²) in [5, 5.41) is 29.6. The minimum absolute atomic E-state index is 0.0812. The number of carboxylic acids is 1. The first kappa shape index (κ1) is 22.2. The van der Waals surface area contributed by atoms with Gasteiger partial charge >= 0.3 is 5.97 Å². The van der Waals surface area contributed by atoms with Crippen LogP contribution in [0.3, 0.4) is 0 Å². The molecule has 0 aromatic rings. The normalized spacial score (nSPS) is 33.0. The van der Waals surface area contributed by atoms with Crippen molar-refractivity contribution in [2.45, 2.75) is 96.7 Å². The predicted octanol–water partition coefficient (Wildman–Crippen LogP) is 4.85. The summed E-state index contributed by atoms with van der Waals surface area (Å²) in [5.74, 6) is -0.267. The van der Waals surface area contributed by atoms with Gasteiger partial charge in [-0.2, -0.15) is 0 Å². The molecule has 0 aliphatic heterocycles. The van der Waals surface area contributed by atoms with E-state index in [0.29, 0.717) is 12.3 Å². The van der Waals surface area contributed by atoms with Crippen LogP contribution in [0.15, 0.2) is 23.8 Å². The topological polar surface area (TPSA) is 77.8 Å². The molecule has 2 fully saturated rings. The highest BCUT2D eigenvalue weighted by Gasteiger charge is 2.53. The van der Waals surface area contributed by atoms with Gasteiger partial charge in [0.05, 0.1) is 12.2 Å². The molecule has 1 unspecified atom stereocenters. The molecule has 0 amide bonds. The van der Waals surface area contributed by atoms with Crippen molar-refractivity contribution < 1.29 is 20.1 Å². The van der Waals surface area contributed by atoms with Crippen LogP contribution in [0.2, 0.25) is 0 Å². The fourth-order valence-corrected chi connectivity index (χ4v) is 4.88. The summed E-state index contributed by atoms with van der Waals surface area (Å²) in [6, 6.07) is 0. The quantitative estimate of drug-likeness (QED) is 0.355. The molecule has 3 N–H and O–H groups in total. The molecule has 4 nitrogen and oxygen atoms in total. The minimum atomic E-state index is -0.753. The van der Waals surface area contributed by atoms with Crippen LogP contribution in [0.4, 0.5) is 0 Å². The standard InChI is InChI=1S/C23H38O4/c1-3-4-5-6-7-10-18(24)12-13-19-20-16-17(9-8-11-22(26)27)23(20,2)15-14-21(19)25/h9,12-13,18-21,24-25H,3-8,10-11,14-16H2,1-2H3,(H,26,27)/t18?,19-,20-,21-,23-/m0/s1. The Balaban J connectivity index is 1.86. The molecule has 2 aliphatic carbocycles. The summed E-state index contributed by atoms with van der Waals surface area (Å²) in [6.45, 7) is 4.46. The zero-order chi connectivity index (χ0) is 19.9. The maximum Gasteiger partial charge on any atom is 0.303 e. The summed E-state index contributed by atoms with van der Waals surface area (Å²) in [4.78, 5) is 10.7. The predicted molar refractivity (Wildman–Crippen MR) is 108 cm³/mol. The molecule has 0 aromatic heterocycles. The van der Waals surface area contributed by atoms with E-state index >= 15 is 0 Å². The average molecular weight is 379 g/mol. The molecule has 5 atom stereocenters. The Labute approximate surface area is 164 Å². The number of carbonyl (C=O) groups is 1. The maximum atomic E-state index is 10.7. The summed E-state index contributed by atoms with van der Waals surface area (Å²) < 4.78 is 0. The molecular formula is C23H38O4. The van der Waals surface area contributed by atoms with Crippen molar-refractivity contribution >= 4 is 5.97 Å². The van der Waals surface area contributed by atoms with Crippen LogP contribution >= 0.6 is 0 Å². The molecule has 2 aliphatic rings. The lowest BCUT2D eigenvalue weighted by Crippen LogP contribution is -2.51. The smallest absolute Gasteiger partial charge is 0.303 e. The van der Waals surface area contributed by atoms with Crippen molar-refractivity contribution in [1.29, 1.82) is 0 Å². The Morgan fingerprint density at radius 3 is 2.74 bits per heavy atom. The van der Waals surface area contributed by atoms with Crippen LogP contribution in [0, 0.1) is 17.3 Å². The first-order chi connectivity index (χ1) is 12.9. The molecule has 2 rings (SSSR count).